The zero-order chi connectivity index (χ0) is 15.6. The van der Waals surface area contributed by atoms with Crippen molar-refractivity contribution in [1.29, 1.82) is 0 Å². The first-order chi connectivity index (χ1) is 9.92. The molecule has 1 N–H and O–H groups in total. The van der Waals surface area contributed by atoms with Gasteiger partial charge in [-0.2, -0.15) is 5.10 Å². The van der Waals surface area contributed by atoms with Crippen molar-refractivity contribution in [2.24, 2.45) is 0 Å². The molecular weight excluding hydrogens is 298 g/mol. The molecule has 0 bridgehead atoms. The SMILES string of the molecule is CCC(C)n1ccc(CC(O)c2cc(F)c(Cl)cc2F)n1. The zero-order valence-electron chi connectivity index (χ0n) is 11.9. The first-order valence-corrected chi connectivity index (χ1v) is 7.16. The third kappa shape index (κ3) is 3.60. The highest BCUT2D eigenvalue weighted by atomic mass is 35.5. The lowest BCUT2D eigenvalue weighted by atomic mass is 10.0. The maximum absolute atomic E-state index is 13.7. The van der Waals surface area contributed by atoms with Crippen molar-refractivity contribution in [3.05, 3.63) is 52.3 Å². The normalized spacial score (nSPS) is 14.2. The first kappa shape index (κ1) is 15.9. The molecule has 0 aliphatic rings. The zero-order valence-corrected chi connectivity index (χ0v) is 12.6. The lowest BCUT2D eigenvalue weighted by Gasteiger charge is -2.12. The fourth-order valence-electron chi connectivity index (χ4n) is 2.02. The van der Waals surface area contributed by atoms with Crippen LogP contribution in [0.15, 0.2) is 24.4 Å². The lowest BCUT2D eigenvalue weighted by Crippen LogP contribution is -2.08. The number of aromatic nitrogens is 2. The monoisotopic (exact) mass is 314 g/mol. The van der Waals surface area contributed by atoms with Crippen molar-refractivity contribution in [2.45, 2.75) is 38.8 Å². The Hall–Kier alpha value is -1.46. The van der Waals surface area contributed by atoms with Gasteiger partial charge in [-0.3, -0.25) is 4.68 Å². The van der Waals surface area contributed by atoms with Crippen LogP contribution in [0.5, 0.6) is 0 Å². The second-order valence-corrected chi connectivity index (χ2v) is 5.46. The van der Waals surface area contributed by atoms with Gasteiger partial charge in [0.2, 0.25) is 0 Å². The summed E-state index contributed by atoms with van der Waals surface area (Å²) in [6, 6.07) is 3.81. The minimum atomic E-state index is -1.17. The Bertz CT molecular complexity index is 630. The van der Waals surface area contributed by atoms with Crippen LogP contribution in [0.2, 0.25) is 5.02 Å². The summed E-state index contributed by atoms with van der Waals surface area (Å²) in [6.45, 7) is 4.08. The van der Waals surface area contributed by atoms with Gasteiger partial charge in [-0.1, -0.05) is 18.5 Å². The van der Waals surface area contributed by atoms with Crippen molar-refractivity contribution in [3.63, 3.8) is 0 Å². The van der Waals surface area contributed by atoms with E-state index in [1.807, 2.05) is 20.0 Å². The second kappa shape index (κ2) is 6.54. The van der Waals surface area contributed by atoms with Crippen molar-refractivity contribution in [3.8, 4) is 0 Å². The molecule has 1 aromatic heterocycles. The number of benzene rings is 1. The molecule has 2 rings (SSSR count). The van der Waals surface area contributed by atoms with Gasteiger partial charge < -0.3 is 5.11 Å². The highest BCUT2D eigenvalue weighted by molar-refractivity contribution is 6.30. The van der Waals surface area contributed by atoms with Crippen molar-refractivity contribution in [1.82, 2.24) is 9.78 Å². The number of hydrogen-bond acceptors (Lipinski definition) is 2. The smallest absolute Gasteiger partial charge is 0.142 e. The lowest BCUT2D eigenvalue weighted by molar-refractivity contribution is 0.171. The topological polar surface area (TPSA) is 38.0 Å². The van der Waals surface area contributed by atoms with Gasteiger partial charge in [-0.05, 0) is 31.5 Å². The summed E-state index contributed by atoms with van der Waals surface area (Å²) in [5, 5.41) is 14.1. The summed E-state index contributed by atoms with van der Waals surface area (Å²) in [5.74, 6) is -1.48. The Kier molecular flexibility index (Phi) is 4.96. The summed E-state index contributed by atoms with van der Waals surface area (Å²) in [4.78, 5) is 0. The van der Waals surface area contributed by atoms with Gasteiger partial charge in [-0.15, -0.1) is 0 Å². The quantitative estimate of drug-likeness (QED) is 0.845. The van der Waals surface area contributed by atoms with Crippen LogP contribution in [0.4, 0.5) is 8.78 Å². The van der Waals surface area contributed by atoms with E-state index in [1.54, 1.807) is 10.7 Å². The van der Waals surface area contributed by atoms with Gasteiger partial charge >= 0.3 is 0 Å². The van der Waals surface area contributed by atoms with Crippen molar-refractivity contribution < 1.29 is 13.9 Å². The molecule has 2 atom stereocenters. The first-order valence-electron chi connectivity index (χ1n) is 6.79. The Morgan fingerprint density at radius 3 is 2.71 bits per heavy atom. The van der Waals surface area contributed by atoms with Gasteiger partial charge in [0, 0.05) is 24.2 Å². The van der Waals surface area contributed by atoms with E-state index in [0.29, 0.717) is 5.69 Å². The molecule has 0 aliphatic heterocycles. The number of nitrogens with zero attached hydrogens (tertiary/aromatic N) is 2. The molecule has 1 aromatic carbocycles. The molecule has 2 aromatic rings. The van der Waals surface area contributed by atoms with Gasteiger partial charge in [0.1, 0.15) is 11.6 Å². The number of halogens is 3. The third-order valence-corrected chi connectivity index (χ3v) is 3.80. The summed E-state index contributed by atoms with van der Waals surface area (Å²) < 4.78 is 28.9. The maximum Gasteiger partial charge on any atom is 0.142 e. The molecule has 21 heavy (non-hydrogen) atoms. The minimum Gasteiger partial charge on any atom is -0.388 e. The van der Waals surface area contributed by atoms with E-state index in [1.165, 1.54) is 0 Å². The number of hydrogen-bond donors (Lipinski definition) is 1. The highest BCUT2D eigenvalue weighted by Gasteiger charge is 2.18. The predicted octanol–water partition coefficient (Wildman–Crippen LogP) is 4.06. The van der Waals surface area contributed by atoms with E-state index in [4.69, 9.17) is 11.6 Å². The fraction of sp³-hybridized carbons (Fsp3) is 0.400. The molecule has 1 heterocycles. The van der Waals surface area contributed by atoms with Crippen LogP contribution in [-0.2, 0) is 6.42 Å². The Morgan fingerprint density at radius 2 is 2.05 bits per heavy atom. The van der Waals surface area contributed by atoms with E-state index in [0.717, 1.165) is 18.6 Å². The molecule has 0 saturated carbocycles. The molecule has 0 saturated heterocycles. The molecule has 0 fully saturated rings. The molecule has 6 heteroatoms. The summed E-state index contributed by atoms with van der Waals surface area (Å²) in [7, 11) is 0. The summed E-state index contributed by atoms with van der Waals surface area (Å²) >= 11 is 5.49. The Balaban J connectivity index is 2.16. The van der Waals surface area contributed by atoms with Crippen LogP contribution in [-0.4, -0.2) is 14.9 Å². The average molecular weight is 315 g/mol. The minimum absolute atomic E-state index is 0.113. The highest BCUT2D eigenvalue weighted by Crippen LogP contribution is 2.26. The number of rotatable bonds is 5. The number of aliphatic hydroxyl groups excluding tert-OH is 1. The molecule has 2 unspecified atom stereocenters. The van der Waals surface area contributed by atoms with Crippen LogP contribution in [0.25, 0.3) is 0 Å². The van der Waals surface area contributed by atoms with Crippen LogP contribution < -0.4 is 0 Å². The van der Waals surface area contributed by atoms with Gasteiger partial charge in [0.25, 0.3) is 0 Å². The third-order valence-electron chi connectivity index (χ3n) is 3.51. The average Bonchev–Trinajstić information content (AvgIpc) is 2.90. The molecule has 0 amide bonds. The molecule has 0 aliphatic carbocycles. The molecular formula is C15H17ClF2N2O. The van der Waals surface area contributed by atoms with E-state index in [9.17, 15) is 13.9 Å². The summed E-state index contributed by atoms with van der Waals surface area (Å²) in [5.41, 5.74) is 0.507. The Labute approximate surface area is 127 Å². The van der Waals surface area contributed by atoms with Gasteiger partial charge in [-0.25, -0.2) is 8.78 Å². The maximum atomic E-state index is 13.7. The molecule has 3 nitrogen and oxygen atoms in total. The fourth-order valence-corrected chi connectivity index (χ4v) is 2.17. The second-order valence-electron chi connectivity index (χ2n) is 5.05. The van der Waals surface area contributed by atoms with Crippen LogP contribution in [0.1, 0.15) is 43.7 Å². The van der Waals surface area contributed by atoms with Crippen LogP contribution in [0, 0.1) is 11.6 Å². The Morgan fingerprint density at radius 1 is 1.33 bits per heavy atom. The largest absolute Gasteiger partial charge is 0.388 e. The van der Waals surface area contributed by atoms with Crippen molar-refractivity contribution in [2.75, 3.05) is 0 Å². The van der Waals surface area contributed by atoms with Crippen molar-refractivity contribution >= 4 is 11.6 Å². The van der Waals surface area contributed by atoms with E-state index < -0.39 is 17.7 Å². The van der Waals surface area contributed by atoms with E-state index in [-0.39, 0.29) is 23.0 Å². The standard InChI is InChI=1S/C15H17ClF2N2O/c1-3-9(2)20-5-4-10(19-20)6-15(21)11-7-14(18)12(16)8-13(11)17/h4-5,7-9,15,21H,3,6H2,1-2H3. The molecule has 114 valence electrons. The van der Waals surface area contributed by atoms with E-state index >= 15 is 0 Å². The number of aliphatic hydroxyl groups is 1. The van der Waals surface area contributed by atoms with E-state index in [2.05, 4.69) is 5.10 Å². The summed E-state index contributed by atoms with van der Waals surface area (Å²) in [6.07, 6.45) is 1.69. The van der Waals surface area contributed by atoms with Gasteiger partial charge in [0.05, 0.1) is 16.8 Å². The molecule has 0 spiro atoms. The van der Waals surface area contributed by atoms with Gasteiger partial charge in [0.15, 0.2) is 0 Å². The molecule has 0 radical (unpaired) electrons. The predicted molar refractivity (Wildman–Crippen MR) is 77.3 cm³/mol. The van der Waals surface area contributed by atoms with Crippen LogP contribution >= 0.6 is 11.6 Å². The van der Waals surface area contributed by atoms with Crippen LogP contribution in [0.3, 0.4) is 0 Å².